The lowest BCUT2D eigenvalue weighted by Gasteiger charge is -2.15. The lowest BCUT2D eigenvalue weighted by atomic mass is 10.1. The highest BCUT2D eigenvalue weighted by Gasteiger charge is 2.58. The molecule has 1 aliphatic heterocycles. The number of hydrogen-bond donors (Lipinski definition) is 0. The second-order valence-electron chi connectivity index (χ2n) is 4.96. The smallest absolute Gasteiger partial charge is 0.233 e. The zero-order valence-corrected chi connectivity index (χ0v) is 10.1. The number of ketones is 1. The van der Waals surface area contributed by atoms with Crippen molar-refractivity contribution in [2.45, 2.75) is 12.8 Å². The third-order valence-corrected chi connectivity index (χ3v) is 3.69. The van der Waals surface area contributed by atoms with Gasteiger partial charge in [-0.1, -0.05) is 0 Å². The highest BCUT2D eigenvalue weighted by molar-refractivity contribution is 6.09. The van der Waals surface area contributed by atoms with E-state index in [0.717, 1.165) is 0 Å². The van der Waals surface area contributed by atoms with Gasteiger partial charge in [0.2, 0.25) is 11.8 Å². The summed E-state index contributed by atoms with van der Waals surface area (Å²) in [5.41, 5.74) is 0.394. The van der Waals surface area contributed by atoms with Crippen molar-refractivity contribution >= 4 is 17.6 Å². The Morgan fingerprint density at radius 1 is 1.16 bits per heavy atom. The number of nitrogens with zero attached hydrogens (tertiary/aromatic N) is 1. The Morgan fingerprint density at radius 3 is 2.32 bits per heavy atom. The van der Waals surface area contributed by atoms with Crippen LogP contribution in [-0.2, 0) is 9.59 Å². The van der Waals surface area contributed by atoms with Crippen LogP contribution in [0, 0.1) is 17.7 Å². The summed E-state index contributed by atoms with van der Waals surface area (Å²) in [5, 5.41) is 0. The molecule has 0 aromatic heterocycles. The summed E-state index contributed by atoms with van der Waals surface area (Å²) in [4.78, 5) is 36.4. The number of imide groups is 1. The topological polar surface area (TPSA) is 54.5 Å². The number of rotatable bonds is 4. The first kappa shape index (κ1) is 12.0. The molecule has 0 bridgehead atoms. The molecule has 0 spiro atoms. The highest BCUT2D eigenvalue weighted by atomic mass is 19.1. The van der Waals surface area contributed by atoms with E-state index in [1.54, 1.807) is 0 Å². The van der Waals surface area contributed by atoms with Crippen molar-refractivity contribution in [2.75, 3.05) is 6.54 Å². The second kappa shape index (κ2) is 4.26. The third-order valence-electron chi connectivity index (χ3n) is 3.69. The van der Waals surface area contributed by atoms with Crippen LogP contribution in [0.15, 0.2) is 24.3 Å². The molecule has 2 fully saturated rings. The first-order valence-corrected chi connectivity index (χ1v) is 6.22. The molecule has 1 aromatic rings. The van der Waals surface area contributed by atoms with Crippen LogP contribution < -0.4 is 0 Å². The van der Waals surface area contributed by atoms with E-state index < -0.39 is 5.82 Å². The van der Waals surface area contributed by atoms with E-state index in [1.165, 1.54) is 29.2 Å². The molecule has 1 heterocycles. The van der Waals surface area contributed by atoms with E-state index in [0.29, 0.717) is 12.0 Å². The normalized spacial score (nSPS) is 24.6. The first-order chi connectivity index (χ1) is 9.08. The molecule has 2 atom stereocenters. The minimum atomic E-state index is -0.401. The Kier molecular flexibility index (Phi) is 2.69. The van der Waals surface area contributed by atoms with Gasteiger partial charge in [0.15, 0.2) is 5.78 Å². The lowest BCUT2D eigenvalue weighted by Crippen LogP contribution is -2.34. The van der Waals surface area contributed by atoms with Gasteiger partial charge in [-0.2, -0.15) is 0 Å². The molecule has 2 aliphatic rings. The zero-order valence-electron chi connectivity index (χ0n) is 10.1. The molecule has 19 heavy (non-hydrogen) atoms. The van der Waals surface area contributed by atoms with Crippen molar-refractivity contribution in [1.82, 2.24) is 4.90 Å². The van der Waals surface area contributed by atoms with E-state index in [9.17, 15) is 18.8 Å². The maximum absolute atomic E-state index is 12.7. The van der Waals surface area contributed by atoms with Crippen LogP contribution in [0.5, 0.6) is 0 Å². The van der Waals surface area contributed by atoms with Gasteiger partial charge in [-0.05, 0) is 30.7 Å². The Balaban J connectivity index is 1.60. The number of fused-ring (bicyclic) bond motifs is 1. The first-order valence-electron chi connectivity index (χ1n) is 6.22. The Bertz CT molecular complexity index is 547. The number of amides is 2. The van der Waals surface area contributed by atoms with Gasteiger partial charge in [0, 0.05) is 18.5 Å². The summed E-state index contributed by atoms with van der Waals surface area (Å²) >= 11 is 0. The molecule has 1 saturated carbocycles. The van der Waals surface area contributed by atoms with Gasteiger partial charge >= 0.3 is 0 Å². The average molecular weight is 261 g/mol. The molecular weight excluding hydrogens is 249 g/mol. The van der Waals surface area contributed by atoms with Gasteiger partial charge in [0.1, 0.15) is 5.82 Å². The minimum absolute atomic E-state index is 0.0859. The number of likely N-dealkylation sites (tertiary alicyclic amines) is 1. The molecule has 5 heteroatoms. The fourth-order valence-corrected chi connectivity index (χ4v) is 2.46. The van der Waals surface area contributed by atoms with E-state index in [2.05, 4.69) is 0 Å². The van der Waals surface area contributed by atoms with Crippen LogP contribution in [0.4, 0.5) is 4.39 Å². The number of Topliss-reactive ketones (excluding diaryl/α,β-unsaturated/α-hetero) is 1. The van der Waals surface area contributed by atoms with Crippen molar-refractivity contribution in [3.63, 3.8) is 0 Å². The molecular formula is C14H12FNO3. The molecule has 1 aliphatic carbocycles. The van der Waals surface area contributed by atoms with Gasteiger partial charge in [-0.3, -0.25) is 19.3 Å². The average Bonchev–Trinajstić information content (AvgIpc) is 3.14. The molecule has 1 saturated heterocycles. The monoisotopic (exact) mass is 261 g/mol. The highest BCUT2D eigenvalue weighted by Crippen LogP contribution is 2.46. The van der Waals surface area contributed by atoms with Crippen LogP contribution in [-0.4, -0.2) is 29.0 Å². The predicted molar refractivity (Wildman–Crippen MR) is 63.7 cm³/mol. The van der Waals surface area contributed by atoms with Gasteiger partial charge in [-0.25, -0.2) is 4.39 Å². The zero-order chi connectivity index (χ0) is 13.6. The number of carbonyl (C=O) groups is 3. The maximum Gasteiger partial charge on any atom is 0.233 e. The standard InChI is InChI=1S/C14H12FNO3/c15-9-3-1-8(2-4-9)12(17)5-6-16-13(18)10-7-11(10)14(16)19/h1-4,10-11H,5-7H2. The molecule has 0 radical (unpaired) electrons. The Hall–Kier alpha value is -2.04. The molecule has 2 unspecified atom stereocenters. The Labute approximate surface area is 109 Å². The third kappa shape index (κ3) is 2.05. The molecule has 0 N–H and O–H groups in total. The van der Waals surface area contributed by atoms with Gasteiger partial charge < -0.3 is 0 Å². The summed E-state index contributed by atoms with van der Waals surface area (Å²) in [5.74, 6) is -1.16. The van der Waals surface area contributed by atoms with Gasteiger partial charge in [-0.15, -0.1) is 0 Å². The number of piperidine rings is 1. The largest absolute Gasteiger partial charge is 0.294 e. The van der Waals surface area contributed by atoms with Crippen LogP contribution >= 0.6 is 0 Å². The quantitative estimate of drug-likeness (QED) is 0.608. The van der Waals surface area contributed by atoms with E-state index in [-0.39, 0.29) is 42.4 Å². The summed E-state index contributed by atoms with van der Waals surface area (Å²) < 4.78 is 12.7. The van der Waals surface area contributed by atoms with Crippen molar-refractivity contribution in [3.8, 4) is 0 Å². The Morgan fingerprint density at radius 2 is 1.74 bits per heavy atom. The van der Waals surface area contributed by atoms with Crippen LogP contribution in [0.2, 0.25) is 0 Å². The van der Waals surface area contributed by atoms with Gasteiger partial charge in [0.05, 0.1) is 11.8 Å². The fourth-order valence-electron chi connectivity index (χ4n) is 2.46. The fraction of sp³-hybridized carbons (Fsp3) is 0.357. The maximum atomic E-state index is 12.7. The number of halogens is 1. The van der Waals surface area contributed by atoms with E-state index in [1.807, 2.05) is 0 Å². The number of hydrogen-bond acceptors (Lipinski definition) is 3. The SMILES string of the molecule is O=C(CCN1C(=O)C2CC2C1=O)c1ccc(F)cc1. The molecule has 4 nitrogen and oxygen atoms in total. The summed E-state index contributed by atoms with van der Waals surface area (Å²) in [6.07, 6.45) is 0.753. The molecule has 98 valence electrons. The van der Waals surface area contributed by atoms with E-state index in [4.69, 9.17) is 0 Å². The molecule has 3 rings (SSSR count). The van der Waals surface area contributed by atoms with Crippen molar-refractivity contribution < 1.29 is 18.8 Å². The molecule has 1 aromatic carbocycles. The van der Waals surface area contributed by atoms with Crippen LogP contribution in [0.25, 0.3) is 0 Å². The summed E-state index contributed by atoms with van der Waals surface area (Å²) in [6.45, 7) is 0.126. The van der Waals surface area contributed by atoms with Crippen molar-refractivity contribution in [1.29, 1.82) is 0 Å². The lowest BCUT2D eigenvalue weighted by molar-refractivity contribution is -0.141. The van der Waals surface area contributed by atoms with Crippen LogP contribution in [0.1, 0.15) is 23.2 Å². The number of benzene rings is 1. The summed E-state index contributed by atoms with van der Waals surface area (Å²) in [6, 6.07) is 5.24. The predicted octanol–water partition coefficient (Wildman–Crippen LogP) is 1.40. The van der Waals surface area contributed by atoms with Crippen LogP contribution in [0.3, 0.4) is 0 Å². The van der Waals surface area contributed by atoms with Crippen molar-refractivity contribution in [2.24, 2.45) is 11.8 Å². The summed E-state index contributed by atoms with van der Waals surface area (Å²) in [7, 11) is 0. The second-order valence-corrected chi connectivity index (χ2v) is 4.96. The van der Waals surface area contributed by atoms with Crippen molar-refractivity contribution in [3.05, 3.63) is 35.6 Å². The number of carbonyl (C=O) groups excluding carboxylic acids is 3. The molecule has 2 amide bonds. The van der Waals surface area contributed by atoms with Gasteiger partial charge in [0.25, 0.3) is 0 Å². The van der Waals surface area contributed by atoms with E-state index >= 15 is 0 Å². The minimum Gasteiger partial charge on any atom is -0.294 e.